The van der Waals surface area contributed by atoms with Gasteiger partial charge in [0.25, 0.3) is 0 Å². The minimum Gasteiger partial charge on any atom is -0.316 e. The van der Waals surface area contributed by atoms with Gasteiger partial charge in [-0.05, 0) is 50.2 Å². The number of carbonyl (C=O) groups is 1. The van der Waals surface area contributed by atoms with Crippen LogP contribution in [0.5, 0.6) is 0 Å². The van der Waals surface area contributed by atoms with Gasteiger partial charge in [-0.25, -0.2) is 0 Å². The zero-order chi connectivity index (χ0) is 13.4. The molecule has 1 fully saturated rings. The average Bonchev–Trinajstić information content (AvgIpc) is 2.35. The Labute approximate surface area is 113 Å². The molecule has 1 aliphatic heterocycles. The zero-order valence-corrected chi connectivity index (χ0v) is 11.3. The van der Waals surface area contributed by atoms with Gasteiger partial charge in [-0.1, -0.05) is 13.0 Å². The van der Waals surface area contributed by atoms with Gasteiger partial charge in [0.1, 0.15) is 0 Å². The summed E-state index contributed by atoms with van der Waals surface area (Å²) in [6.45, 7) is 5.93. The maximum absolute atomic E-state index is 12.4. The first-order chi connectivity index (χ1) is 9.15. The van der Waals surface area contributed by atoms with Gasteiger partial charge in [0.15, 0.2) is 5.78 Å². The summed E-state index contributed by atoms with van der Waals surface area (Å²) in [5.41, 5.74) is 2.76. The maximum atomic E-state index is 12.4. The Balaban J connectivity index is 1.92. The number of Topliss-reactive ketones (excluding diaryl/α,β-unsaturated/α-hetero) is 1. The lowest BCUT2D eigenvalue weighted by atomic mass is 9.83. The molecule has 1 aliphatic rings. The number of ketones is 1. The number of benzene rings is 1. The van der Waals surface area contributed by atoms with Crippen LogP contribution in [0, 0.1) is 18.8 Å². The highest BCUT2D eigenvalue weighted by atomic mass is 16.1. The van der Waals surface area contributed by atoms with E-state index in [0.717, 1.165) is 35.2 Å². The van der Waals surface area contributed by atoms with Crippen molar-refractivity contribution in [1.82, 2.24) is 10.3 Å². The average molecular weight is 254 g/mol. The number of fused-ring (bicyclic) bond motifs is 1. The maximum Gasteiger partial charge on any atom is 0.166 e. The van der Waals surface area contributed by atoms with Crippen LogP contribution < -0.4 is 5.32 Å². The van der Waals surface area contributed by atoms with Crippen molar-refractivity contribution in [3.8, 4) is 0 Å². The number of carbonyl (C=O) groups excluding carboxylic acids is 1. The molecule has 3 nitrogen and oxygen atoms in total. The number of nitrogens with one attached hydrogen (secondary N) is 1. The molecule has 98 valence electrons. The van der Waals surface area contributed by atoms with E-state index in [2.05, 4.69) is 10.3 Å². The minimum atomic E-state index is 0.0945. The first-order valence-corrected chi connectivity index (χ1v) is 6.77. The third-order valence-electron chi connectivity index (χ3n) is 4.05. The van der Waals surface area contributed by atoms with E-state index in [1.165, 1.54) is 0 Å². The SMILES string of the molecule is Cc1ccc2cc(C(=O)C(C)C3CNC3)ccc2n1. The van der Waals surface area contributed by atoms with Crippen molar-refractivity contribution in [2.75, 3.05) is 13.1 Å². The summed E-state index contributed by atoms with van der Waals surface area (Å²) in [7, 11) is 0. The second kappa shape index (κ2) is 4.74. The normalized spacial score (nSPS) is 17.2. The van der Waals surface area contributed by atoms with Crippen LogP contribution in [-0.4, -0.2) is 23.9 Å². The molecule has 0 amide bonds. The first-order valence-electron chi connectivity index (χ1n) is 6.77. The van der Waals surface area contributed by atoms with Crippen molar-refractivity contribution in [3.05, 3.63) is 41.6 Å². The number of hydrogen-bond acceptors (Lipinski definition) is 3. The predicted molar refractivity (Wildman–Crippen MR) is 76.3 cm³/mol. The van der Waals surface area contributed by atoms with Crippen LogP contribution >= 0.6 is 0 Å². The largest absolute Gasteiger partial charge is 0.316 e. The Hall–Kier alpha value is -1.74. The fourth-order valence-corrected chi connectivity index (χ4v) is 2.52. The molecule has 1 aromatic carbocycles. The van der Waals surface area contributed by atoms with Crippen LogP contribution in [0.25, 0.3) is 10.9 Å². The number of hydrogen-bond donors (Lipinski definition) is 1. The number of aromatic nitrogens is 1. The summed E-state index contributed by atoms with van der Waals surface area (Å²) in [6, 6.07) is 9.83. The van der Waals surface area contributed by atoms with Gasteiger partial charge in [0.05, 0.1) is 5.52 Å². The molecular formula is C16H18N2O. The van der Waals surface area contributed by atoms with E-state index in [1.54, 1.807) is 0 Å². The zero-order valence-electron chi connectivity index (χ0n) is 11.3. The first kappa shape index (κ1) is 12.3. The molecular weight excluding hydrogens is 236 g/mol. The molecule has 0 saturated carbocycles. The Bertz CT molecular complexity index is 632. The Morgan fingerprint density at radius 2 is 2.11 bits per heavy atom. The lowest BCUT2D eigenvalue weighted by Crippen LogP contribution is -2.47. The van der Waals surface area contributed by atoms with Crippen LogP contribution in [0.3, 0.4) is 0 Å². The van der Waals surface area contributed by atoms with Crippen LogP contribution in [0.4, 0.5) is 0 Å². The van der Waals surface area contributed by atoms with Crippen molar-refractivity contribution in [2.24, 2.45) is 11.8 Å². The molecule has 0 radical (unpaired) electrons. The summed E-state index contributed by atoms with van der Waals surface area (Å²) < 4.78 is 0. The summed E-state index contributed by atoms with van der Waals surface area (Å²) in [4.78, 5) is 16.9. The van der Waals surface area contributed by atoms with E-state index in [0.29, 0.717) is 5.92 Å². The van der Waals surface area contributed by atoms with Crippen LogP contribution in [-0.2, 0) is 0 Å². The third kappa shape index (κ3) is 2.26. The third-order valence-corrected chi connectivity index (χ3v) is 4.05. The lowest BCUT2D eigenvalue weighted by molar-refractivity contribution is 0.0854. The predicted octanol–water partition coefficient (Wildman–Crippen LogP) is 2.58. The Morgan fingerprint density at radius 3 is 2.79 bits per heavy atom. The quantitative estimate of drug-likeness (QED) is 0.856. The van der Waals surface area contributed by atoms with Gasteiger partial charge in [-0.15, -0.1) is 0 Å². The minimum absolute atomic E-state index is 0.0945. The molecule has 19 heavy (non-hydrogen) atoms. The van der Waals surface area contributed by atoms with Crippen molar-refractivity contribution >= 4 is 16.7 Å². The van der Waals surface area contributed by atoms with E-state index < -0.39 is 0 Å². The molecule has 2 aromatic rings. The van der Waals surface area contributed by atoms with Crippen molar-refractivity contribution in [1.29, 1.82) is 0 Å². The number of rotatable bonds is 3. The Kier molecular flexibility index (Phi) is 3.07. The molecule has 1 unspecified atom stereocenters. The highest BCUT2D eigenvalue weighted by molar-refractivity contribution is 6.00. The fraction of sp³-hybridized carbons (Fsp3) is 0.375. The summed E-state index contributed by atoms with van der Waals surface area (Å²) >= 11 is 0. The molecule has 1 atom stereocenters. The van der Waals surface area contributed by atoms with Gasteiger partial charge in [-0.3, -0.25) is 9.78 Å². The lowest BCUT2D eigenvalue weighted by Gasteiger charge is -2.31. The van der Waals surface area contributed by atoms with E-state index in [-0.39, 0.29) is 11.7 Å². The van der Waals surface area contributed by atoms with Crippen molar-refractivity contribution in [2.45, 2.75) is 13.8 Å². The molecule has 3 heteroatoms. The fourth-order valence-electron chi connectivity index (χ4n) is 2.52. The summed E-state index contributed by atoms with van der Waals surface area (Å²) in [5, 5.41) is 4.26. The van der Waals surface area contributed by atoms with Gasteiger partial charge in [0, 0.05) is 22.6 Å². The standard InChI is InChI=1S/C16H18N2O/c1-10-3-4-12-7-13(5-6-15(12)18-10)16(19)11(2)14-8-17-9-14/h3-7,11,14,17H,8-9H2,1-2H3. The monoisotopic (exact) mass is 254 g/mol. The second-order valence-electron chi connectivity index (χ2n) is 5.43. The van der Waals surface area contributed by atoms with Crippen LogP contribution in [0.1, 0.15) is 23.0 Å². The molecule has 0 bridgehead atoms. The van der Waals surface area contributed by atoms with Crippen molar-refractivity contribution < 1.29 is 4.79 Å². The second-order valence-corrected chi connectivity index (χ2v) is 5.43. The highest BCUT2D eigenvalue weighted by Gasteiger charge is 2.29. The number of pyridine rings is 1. The van der Waals surface area contributed by atoms with Crippen LogP contribution in [0.2, 0.25) is 0 Å². The molecule has 1 N–H and O–H groups in total. The van der Waals surface area contributed by atoms with E-state index in [9.17, 15) is 4.79 Å². The van der Waals surface area contributed by atoms with Gasteiger partial charge < -0.3 is 5.32 Å². The van der Waals surface area contributed by atoms with Gasteiger partial charge in [0.2, 0.25) is 0 Å². The van der Waals surface area contributed by atoms with Gasteiger partial charge >= 0.3 is 0 Å². The highest BCUT2D eigenvalue weighted by Crippen LogP contribution is 2.23. The molecule has 2 heterocycles. The van der Waals surface area contributed by atoms with Gasteiger partial charge in [-0.2, -0.15) is 0 Å². The Morgan fingerprint density at radius 1 is 1.32 bits per heavy atom. The number of aryl methyl sites for hydroxylation is 1. The smallest absolute Gasteiger partial charge is 0.166 e. The van der Waals surface area contributed by atoms with E-state index in [1.807, 2.05) is 44.2 Å². The molecule has 1 aromatic heterocycles. The molecule has 0 spiro atoms. The summed E-state index contributed by atoms with van der Waals surface area (Å²) in [5.74, 6) is 0.824. The topological polar surface area (TPSA) is 42.0 Å². The summed E-state index contributed by atoms with van der Waals surface area (Å²) in [6.07, 6.45) is 0. The van der Waals surface area contributed by atoms with Crippen LogP contribution in [0.15, 0.2) is 30.3 Å². The molecule has 1 saturated heterocycles. The molecule has 3 rings (SSSR count). The number of nitrogens with zero attached hydrogens (tertiary/aromatic N) is 1. The molecule has 0 aliphatic carbocycles. The van der Waals surface area contributed by atoms with E-state index >= 15 is 0 Å². The van der Waals surface area contributed by atoms with E-state index in [4.69, 9.17) is 0 Å². The van der Waals surface area contributed by atoms with Crippen molar-refractivity contribution in [3.63, 3.8) is 0 Å².